The molecule has 2 aromatic rings. The van der Waals surface area contributed by atoms with Gasteiger partial charge in [0.1, 0.15) is 0 Å². The minimum atomic E-state index is 0.889. The number of aromatic nitrogens is 3. The minimum Gasteiger partial charge on any atom is -0.236 e. The van der Waals surface area contributed by atoms with Crippen molar-refractivity contribution in [1.82, 2.24) is 14.6 Å². The van der Waals surface area contributed by atoms with E-state index in [9.17, 15) is 0 Å². The standard InChI is InChI=1S/C6H4IN3/c7-5-3-8-6-1-2-9-10(6)4-5/h1-4H. The number of fused-ring (bicyclic) bond motifs is 1. The summed E-state index contributed by atoms with van der Waals surface area (Å²) in [7, 11) is 0. The van der Waals surface area contributed by atoms with Gasteiger partial charge in [0.25, 0.3) is 0 Å². The van der Waals surface area contributed by atoms with Crippen molar-refractivity contribution in [3.63, 3.8) is 0 Å². The Morgan fingerprint density at radius 1 is 1.50 bits per heavy atom. The van der Waals surface area contributed by atoms with E-state index in [4.69, 9.17) is 0 Å². The average Bonchev–Trinajstić information content (AvgIpc) is 2.33. The molecule has 4 heteroatoms. The lowest BCUT2D eigenvalue weighted by atomic mass is 10.6. The van der Waals surface area contributed by atoms with Crippen LogP contribution in [0.2, 0.25) is 0 Å². The third-order valence-corrected chi connectivity index (χ3v) is 1.77. The quantitative estimate of drug-likeness (QED) is 0.655. The van der Waals surface area contributed by atoms with Crippen LogP contribution in [0.4, 0.5) is 0 Å². The Kier molecular flexibility index (Phi) is 1.33. The topological polar surface area (TPSA) is 30.2 Å². The van der Waals surface area contributed by atoms with Crippen molar-refractivity contribution in [2.75, 3.05) is 0 Å². The van der Waals surface area contributed by atoms with Gasteiger partial charge in [-0.3, -0.25) is 0 Å². The zero-order chi connectivity index (χ0) is 6.97. The van der Waals surface area contributed by atoms with Crippen LogP contribution >= 0.6 is 22.6 Å². The highest BCUT2D eigenvalue weighted by Crippen LogP contribution is 2.03. The van der Waals surface area contributed by atoms with Gasteiger partial charge in [-0.05, 0) is 22.6 Å². The van der Waals surface area contributed by atoms with Gasteiger partial charge in [0.15, 0.2) is 5.65 Å². The fourth-order valence-corrected chi connectivity index (χ4v) is 1.19. The van der Waals surface area contributed by atoms with E-state index >= 15 is 0 Å². The van der Waals surface area contributed by atoms with Crippen LogP contribution in [0.3, 0.4) is 0 Å². The molecular formula is C6H4IN3. The smallest absolute Gasteiger partial charge is 0.154 e. The van der Waals surface area contributed by atoms with Gasteiger partial charge in [-0.2, -0.15) is 5.10 Å². The summed E-state index contributed by atoms with van der Waals surface area (Å²) in [5.74, 6) is 0. The molecule has 3 nitrogen and oxygen atoms in total. The molecular weight excluding hydrogens is 241 g/mol. The number of rotatable bonds is 0. The second kappa shape index (κ2) is 2.19. The first-order chi connectivity index (χ1) is 4.86. The number of halogens is 1. The average molecular weight is 245 g/mol. The predicted molar refractivity (Wildman–Crippen MR) is 45.7 cm³/mol. The first kappa shape index (κ1) is 6.09. The predicted octanol–water partition coefficient (Wildman–Crippen LogP) is 1.33. The van der Waals surface area contributed by atoms with Crippen molar-refractivity contribution in [3.8, 4) is 0 Å². The maximum absolute atomic E-state index is 4.13. The third-order valence-electron chi connectivity index (χ3n) is 1.22. The highest BCUT2D eigenvalue weighted by molar-refractivity contribution is 14.1. The molecule has 2 rings (SSSR count). The molecule has 0 aromatic carbocycles. The van der Waals surface area contributed by atoms with Crippen LogP contribution in [0.15, 0.2) is 24.7 Å². The molecule has 0 saturated carbocycles. The largest absolute Gasteiger partial charge is 0.236 e. The zero-order valence-corrected chi connectivity index (χ0v) is 7.19. The van der Waals surface area contributed by atoms with Crippen LogP contribution in [0.5, 0.6) is 0 Å². The molecule has 10 heavy (non-hydrogen) atoms. The molecule has 0 atom stereocenters. The molecule has 0 aliphatic rings. The summed E-state index contributed by atoms with van der Waals surface area (Å²) >= 11 is 2.20. The van der Waals surface area contributed by atoms with Gasteiger partial charge in [0.2, 0.25) is 0 Å². The van der Waals surface area contributed by atoms with Crippen molar-refractivity contribution in [2.45, 2.75) is 0 Å². The Hall–Kier alpha value is -0.650. The van der Waals surface area contributed by atoms with E-state index in [1.165, 1.54) is 0 Å². The molecule has 2 heterocycles. The lowest BCUT2D eigenvalue weighted by Crippen LogP contribution is -1.89. The maximum Gasteiger partial charge on any atom is 0.154 e. The Labute approximate surface area is 71.2 Å². The Bertz CT molecular complexity index is 355. The highest BCUT2D eigenvalue weighted by atomic mass is 127. The van der Waals surface area contributed by atoms with Crippen LogP contribution in [-0.2, 0) is 0 Å². The Balaban J connectivity index is 2.86. The molecule has 0 aliphatic heterocycles. The van der Waals surface area contributed by atoms with Crippen molar-refractivity contribution in [3.05, 3.63) is 28.2 Å². The van der Waals surface area contributed by atoms with Crippen molar-refractivity contribution in [1.29, 1.82) is 0 Å². The third kappa shape index (κ3) is 0.880. The molecule has 0 amide bonds. The van der Waals surface area contributed by atoms with E-state index in [1.54, 1.807) is 10.7 Å². The molecule has 0 N–H and O–H groups in total. The summed E-state index contributed by atoms with van der Waals surface area (Å²) in [6, 6.07) is 1.87. The molecule has 50 valence electrons. The molecule has 0 saturated heterocycles. The summed E-state index contributed by atoms with van der Waals surface area (Å²) in [5, 5.41) is 4.03. The minimum absolute atomic E-state index is 0.889. The van der Waals surface area contributed by atoms with Gasteiger partial charge >= 0.3 is 0 Å². The van der Waals surface area contributed by atoms with Gasteiger partial charge < -0.3 is 0 Å². The van der Waals surface area contributed by atoms with E-state index in [2.05, 4.69) is 32.7 Å². The van der Waals surface area contributed by atoms with Crippen molar-refractivity contribution < 1.29 is 0 Å². The molecule has 0 radical (unpaired) electrons. The van der Waals surface area contributed by atoms with Crippen molar-refractivity contribution >= 4 is 28.2 Å². The molecule has 0 fully saturated rings. The summed E-state index contributed by atoms with van der Waals surface area (Å²) in [5.41, 5.74) is 0.889. The first-order valence-electron chi connectivity index (χ1n) is 2.81. The fourth-order valence-electron chi connectivity index (χ4n) is 0.787. The summed E-state index contributed by atoms with van der Waals surface area (Å²) < 4.78 is 2.84. The molecule has 2 aromatic heterocycles. The van der Waals surface area contributed by atoms with Crippen LogP contribution in [-0.4, -0.2) is 14.6 Å². The van der Waals surface area contributed by atoms with E-state index in [-0.39, 0.29) is 0 Å². The molecule has 0 unspecified atom stereocenters. The summed E-state index contributed by atoms with van der Waals surface area (Å²) in [6.45, 7) is 0. The van der Waals surface area contributed by atoms with E-state index < -0.39 is 0 Å². The van der Waals surface area contributed by atoms with Gasteiger partial charge in [0.05, 0.1) is 6.20 Å². The summed E-state index contributed by atoms with van der Waals surface area (Å²) in [6.07, 6.45) is 5.48. The molecule has 0 spiro atoms. The monoisotopic (exact) mass is 245 g/mol. The first-order valence-corrected chi connectivity index (χ1v) is 3.89. The fraction of sp³-hybridized carbons (Fsp3) is 0. The van der Waals surface area contributed by atoms with Crippen LogP contribution in [0.1, 0.15) is 0 Å². The van der Waals surface area contributed by atoms with E-state index in [1.807, 2.05) is 18.5 Å². The van der Waals surface area contributed by atoms with Crippen LogP contribution in [0.25, 0.3) is 5.65 Å². The molecule has 0 bridgehead atoms. The molecule has 0 aliphatic carbocycles. The lowest BCUT2D eigenvalue weighted by molar-refractivity contribution is 0.932. The maximum atomic E-state index is 4.13. The van der Waals surface area contributed by atoms with Crippen molar-refractivity contribution in [2.24, 2.45) is 0 Å². The van der Waals surface area contributed by atoms with Gasteiger partial charge in [-0.25, -0.2) is 9.50 Å². The second-order valence-electron chi connectivity index (χ2n) is 1.91. The van der Waals surface area contributed by atoms with Gasteiger partial charge in [0, 0.05) is 22.0 Å². The lowest BCUT2D eigenvalue weighted by Gasteiger charge is -1.90. The van der Waals surface area contributed by atoms with Crippen LogP contribution in [0, 0.1) is 3.57 Å². The van der Waals surface area contributed by atoms with E-state index in [0.29, 0.717) is 0 Å². The normalized spacial score (nSPS) is 10.5. The number of nitrogens with zero attached hydrogens (tertiary/aromatic N) is 3. The highest BCUT2D eigenvalue weighted by Gasteiger charge is 1.92. The Morgan fingerprint density at radius 2 is 2.40 bits per heavy atom. The Morgan fingerprint density at radius 3 is 3.30 bits per heavy atom. The summed E-state index contributed by atoms with van der Waals surface area (Å²) in [4.78, 5) is 4.13. The second-order valence-corrected chi connectivity index (χ2v) is 3.15. The van der Waals surface area contributed by atoms with Gasteiger partial charge in [-0.1, -0.05) is 0 Å². The number of hydrogen-bond acceptors (Lipinski definition) is 2. The zero-order valence-electron chi connectivity index (χ0n) is 5.03. The van der Waals surface area contributed by atoms with Gasteiger partial charge in [-0.15, -0.1) is 0 Å². The van der Waals surface area contributed by atoms with E-state index in [0.717, 1.165) is 9.22 Å². The SMILES string of the molecule is Ic1cnc2ccnn2c1. The number of hydrogen-bond donors (Lipinski definition) is 0. The van der Waals surface area contributed by atoms with Crippen LogP contribution < -0.4 is 0 Å².